The van der Waals surface area contributed by atoms with E-state index in [1.54, 1.807) is 30.0 Å². The van der Waals surface area contributed by atoms with Gasteiger partial charge in [-0.15, -0.1) is 12.6 Å². The minimum absolute atomic E-state index is 0.172. The molecule has 1 atom stereocenters. The highest BCUT2D eigenvalue weighted by molar-refractivity contribution is 7.99. The lowest BCUT2D eigenvalue weighted by Crippen LogP contribution is -2.14. The summed E-state index contributed by atoms with van der Waals surface area (Å²) in [6.45, 7) is 0. The number of hydrogen-bond donors (Lipinski definition) is 2. The zero-order valence-corrected chi connectivity index (χ0v) is 11.0. The van der Waals surface area contributed by atoms with E-state index in [0.717, 1.165) is 20.9 Å². The van der Waals surface area contributed by atoms with Crippen LogP contribution in [-0.4, -0.2) is 10.2 Å². The van der Waals surface area contributed by atoms with Gasteiger partial charge in [-0.3, -0.25) is 4.79 Å². The summed E-state index contributed by atoms with van der Waals surface area (Å²) in [7, 11) is 0. The van der Waals surface area contributed by atoms with E-state index in [1.165, 1.54) is 0 Å². The van der Waals surface area contributed by atoms with Gasteiger partial charge in [0, 0.05) is 9.79 Å². The third-order valence-electron chi connectivity index (χ3n) is 3.01. The molecule has 3 rings (SSSR count). The van der Waals surface area contributed by atoms with E-state index in [0.29, 0.717) is 0 Å². The van der Waals surface area contributed by atoms with E-state index in [1.807, 2.05) is 24.3 Å². The van der Waals surface area contributed by atoms with Gasteiger partial charge in [-0.05, 0) is 29.3 Å². The van der Waals surface area contributed by atoms with Gasteiger partial charge in [0.1, 0.15) is 5.75 Å². The van der Waals surface area contributed by atoms with Crippen molar-refractivity contribution >= 4 is 29.5 Å². The Morgan fingerprint density at radius 3 is 2.61 bits per heavy atom. The molecule has 0 saturated heterocycles. The van der Waals surface area contributed by atoms with Crippen molar-refractivity contribution in [3.8, 4) is 5.75 Å². The van der Waals surface area contributed by atoms with Crippen molar-refractivity contribution in [2.75, 3.05) is 0 Å². The first-order valence-corrected chi connectivity index (χ1v) is 6.75. The highest BCUT2D eigenvalue weighted by Gasteiger charge is 2.29. The molecule has 0 aliphatic carbocycles. The van der Waals surface area contributed by atoms with Crippen LogP contribution in [0.3, 0.4) is 0 Å². The van der Waals surface area contributed by atoms with Gasteiger partial charge >= 0.3 is 0 Å². The number of phenols is 1. The van der Waals surface area contributed by atoms with Crippen molar-refractivity contribution in [1.29, 1.82) is 0 Å². The Labute approximate surface area is 114 Å². The normalized spacial score (nSPS) is 16.8. The van der Waals surface area contributed by atoms with E-state index in [2.05, 4.69) is 12.6 Å². The fourth-order valence-corrected chi connectivity index (χ4v) is 3.66. The number of benzene rings is 2. The zero-order chi connectivity index (χ0) is 12.7. The summed E-state index contributed by atoms with van der Waals surface area (Å²) >= 11 is 5.58. The van der Waals surface area contributed by atoms with E-state index < -0.39 is 0 Å². The number of fused-ring (bicyclic) bond motifs is 2. The predicted molar refractivity (Wildman–Crippen MR) is 74.5 cm³/mol. The van der Waals surface area contributed by atoms with Gasteiger partial charge in [0.05, 0.1) is 5.92 Å². The lowest BCUT2D eigenvalue weighted by molar-refractivity contribution is -0.111. The van der Waals surface area contributed by atoms with Gasteiger partial charge in [-0.1, -0.05) is 36.0 Å². The number of thiol groups is 1. The summed E-state index contributed by atoms with van der Waals surface area (Å²) in [5, 5.41) is 9.37. The number of rotatable bonds is 1. The maximum Gasteiger partial charge on any atom is 0.197 e. The van der Waals surface area contributed by atoms with Crippen LogP contribution in [0.25, 0.3) is 0 Å². The van der Waals surface area contributed by atoms with Crippen molar-refractivity contribution in [2.45, 2.75) is 15.7 Å². The van der Waals surface area contributed by atoms with Crippen LogP contribution >= 0.6 is 24.4 Å². The van der Waals surface area contributed by atoms with Gasteiger partial charge in [0.25, 0.3) is 0 Å². The van der Waals surface area contributed by atoms with Gasteiger partial charge in [0.2, 0.25) is 0 Å². The predicted octanol–water partition coefficient (Wildman–Crippen LogP) is 3.45. The van der Waals surface area contributed by atoms with Crippen LogP contribution in [-0.2, 0) is 4.79 Å². The third kappa shape index (κ3) is 1.82. The van der Waals surface area contributed by atoms with Crippen LogP contribution in [0.4, 0.5) is 0 Å². The molecule has 1 aliphatic rings. The molecule has 4 heteroatoms. The second-order valence-corrected chi connectivity index (χ2v) is 5.66. The molecule has 2 aromatic carbocycles. The van der Waals surface area contributed by atoms with Crippen molar-refractivity contribution < 1.29 is 9.90 Å². The standard InChI is InChI=1S/C14H10O2S2/c15-8-5-6-10-12(7-8)18-11-4-2-1-3-9(11)13(10)14(16)17/h1-7,13,15H,(H,16,17). The third-order valence-corrected chi connectivity index (χ3v) is 4.43. The largest absolute Gasteiger partial charge is 0.508 e. The number of aromatic hydroxyl groups is 1. The fraction of sp³-hybridized carbons (Fsp3) is 0.0714. The fourth-order valence-electron chi connectivity index (χ4n) is 2.21. The van der Waals surface area contributed by atoms with Crippen molar-refractivity contribution in [1.82, 2.24) is 0 Å². The molecule has 1 unspecified atom stereocenters. The number of carbonyl (C=O) groups excluding carboxylic acids is 1. The van der Waals surface area contributed by atoms with Crippen LogP contribution in [0.2, 0.25) is 0 Å². The van der Waals surface area contributed by atoms with Gasteiger partial charge in [0.15, 0.2) is 5.12 Å². The highest BCUT2D eigenvalue weighted by atomic mass is 32.2. The SMILES string of the molecule is O=C(S)C1c2ccccc2Sc2cc(O)ccc21. The summed E-state index contributed by atoms with van der Waals surface area (Å²) in [5.74, 6) is -0.132. The second-order valence-electron chi connectivity index (χ2n) is 4.13. The Kier molecular flexibility index (Phi) is 2.84. The molecule has 0 fully saturated rings. The Morgan fingerprint density at radius 1 is 1.11 bits per heavy atom. The maximum absolute atomic E-state index is 11.8. The molecule has 1 N–H and O–H groups in total. The number of hydrogen-bond acceptors (Lipinski definition) is 3. The van der Waals surface area contributed by atoms with E-state index >= 15 is 0 Å². The van der Waals surface area contributed by atoms with Crippen LogP contribution in [0.15, 0.2) is 52.3 Å². The molecular weight excluding hydrogens is 264 g/mol. The molecule has 1 heterocycles. The first-order chi connectivity index (χ1) is 8.66. The van der Waals surface area contributed by atoms with Crippen LogP contribution in [0.5, 0.6) is 5.75 Å². The lowest BCUT2D eigenvalue weighted by atomic mass is 9.91. The van der Waals surface area contributed by atoms with Crippen molar-refractivity contribution in [3.05, 3.63) is 53.6 Å². The van der Waals surface area contributed by atoms with Crippen molar-refractivity contribution in [2.24, 2.45) is 0 Å². The highest BCUT2D eigenvalue weighted by Crippen LogP contribution is 2.47. The average Bonchev–Trinajstić information content (AvgIpc) is 2.35. The second kappa shape index (κ2) is 4.37. The molecule has 2 nitrogen and oxygen atoms in total. The van der Waals surface area contributed by atoms with Crippen LogP contribution in [0, 0.1) is 0 Å². The molecule has 0 amide bonds. The average molecular weight is 274 g/mol. The minimum Gasteiger partial charge on any atom is -0.508 e. The molecule has 2 aromatic rings. The molecular formula is C14H10O2S2. The van der Waals surface area contributed by atoms with Crippen LogP contribution in [0.1, 0.15) is 17.0 Å². The number of carbonyl (C=O) groups is 1. The molecule has 0 radical (unpaired) electrons. The zero-order valence-electron chi connectivity index (χ0n) is 9.33. The summed E-state index contributed by atoms with van der Waals surface area (Å²) in [6.07, 6.45) is 0. The first kappa shape index (κ1) is 11.7. The Hall–Kier alpha value is -1.39. The molecule has 0 aromatic heterocycles. The summed E-state index contributed by atoms with van der Waals surface area (Å²) < 4.78 is 0. The van der Waals surface area contributed by atoms with E-state index in [9.17, 15) is 9.90 Å². The van der Waals surface area contributed by atoms with Gasteiger partial charge < -0.3 is 5.11 Å². The monoisotopic (exact) mass is 274 g/mol. The number of phenolic OH excluding ortho intramolecular Hbond substituents is 1. The van der Waals surface area contributed by atoms with Gasteiger partial charge in [-0.2, -0.15) is 0 Å². The molecule has 0 bridgehead atoms. The maximum atomic E-state index is 11.8. The lowest BCUT2D eigenvalue weighted by Gasteiger charge is -2.25. The van der Waals surface area contributed by atoms with Crippen LogP contribution < -0.4 is 0 Å². The molecule has 0 saturated carbocycles. The van der Waals surface area contributed by atoms with E-state index in [-0.39, 0.29) is 16.8 Å². The topological polar surface area (TPSA) is 37.3 Å². The minimum atomic E-state index is -0.346. The molecule has 90 valence electrons. The van der Waals surface area contributed by atoms with E-state index in [4.69, 9.17) is 0 Å². The summed E-state index contributed by atoms with van der Waals surface area (Å²) in [4.78, 5) is 13.8. The Bertz CT molecular complexity index is 637. The quantitative estimate of drug-likeness (QED) is 0.782. The van der Waals surface area contributed by atoms with Crippen molar-refractivity contribution in [3.63, 3.8) is 0 Å². The molecule has 18 heavy (non-hydrogen) atoms. The summed E-state index contributed by atoms with van der Waals surface area (Å²) in [6, 6.07) is 12.9. The van der Waals surface area contributed by atoms with Gasteiger partial charge in [-0.25, -0.2) is 0 Å². The Balaban J connectivity index is 2.23. The molecule has 0 spiro atoms. The first-order valence-electron chi connectivity index (χ1n) is 5.49. The molecule has 1 aliphatic heterocycles. The smallest absolute Gasteiger partial charge is 0.197 e. The Morgan fingerprint density at radius 2 is 1.83 bits per heavy atom. The summed E-state index contributed by atoms with van der Waals surface area (Å²) in [5.41, 5.74) is 1.90.